The summed E-state index contributed by atoms with van der Waals surface area (Å²) in [6.07, 6.45) is 5.78. The summed E-state index contributed by atoms with van der Waals surface area (Å²) in [5.74, 6) is 0.926. The van der Waals surface area contributed by atoms with Gasteiger partial charge in [0.2, 0.25) is 0 Å². The van der Waals surface area contributed by atoms with E-state index in [2.05, 4.69) is 15.9 Å². The van der Waals surface area contributed by atoms with Gasteiger partial charge in [0.05, 0.1) is 6.61 Å². The summed E-state index contributed by atoms with van der Waals surface area (Å²) in [6.45, 7) is 0.939. The van der Waals surface area contributed by atoms with Crippen molar-refractivity contribution in [3.63, 3.8) is 0 Å². The number of halogens is 1. The molecule has 4 heteroatoms. The van der Waals surface area contributed by atoms with Crippen molar-refractivity contribution in [3.05, 3.63) is 27.7 Å². The van der Waals surface area contributed by atoms with E-state index in [1.54, 1.807) is 0 Å². The van der Waals surface area contributed by atoms with E-state index in [4.69, 9.17) is 15.2 Å². The summed E-state index contributed by atoms with van der Waals surface area (Å²) in [4.78, 5) is 0. The van der Waals surface area contributed by atoms with Crippen molar-refractivity contribution in [1.29, 1.82) is 0 Å². The first kappa shape index (κ1) is 12.5. The Morgan fingerprint density at radius 3 is 2.72 bits per heavy atom. The number of fused-ring (bicyclic) bond motifs is 1. The third kappa shape index (κ3) is 2.06. The van der Waals surface area contributed by atoms with Crippen LogP contribution < -0.4 is 10.5 Å². The van der Waals surface area contributed by atoms with Crippen LogP contribution in [0.1, 0.15) is 43.2 Å². The van der Waals surface area contributed by atoms with Gasteiger partial charge in [-0.3, -0.25) is 0 Å². The zero-order chi connectivity index (χ0) is 12.6. The first-order valence-corrected chi connectivity index (χ1v) is 7.31. The van der Waals surface area contributed by atoms with E-state index in [-0.39, 0.29) is 5.54 Å². The van der Waals surface area contributed by atoms with E-state index in [1.807, 2.05) is 12.1 Å². The zero-order valence-corrected chi connectivity index (χ0v) is 12.0. The van der Waals surface area contributed by atoms with Gasteiger partial charge >= 0.3 is 0 Å². The van der Waals surface area contributed by atoms with Crippen LogP contribution in [0.15, 0.2) is 16.6 Å². The molecule has 0 atom stereocenters. The van der Waals surface area contributed by atoms with Gasteiger partial charge < -0.3 is 15.2 Å². The first-order chi connectivity index (χ1) is 8.71. The molecule has 0 bridgehead atoms. The molecule has 1 aromatic carbocycles. The van der Waals surface area contributed by atoms with Crippen LogP contribution in [0.25, 0.3) is 0 Å². The van der Waals surface area contributed by atoms with Crippen molar-refractivity contribution in [2.75, 3.05) is 6.79 Å². The molecule has 18 heavy (non-hydrogen) atoms. The second-order valence-electron chi connectivity index (χ2n) is 5.23. The lowest BCUT2D eigenvalue weighted by Gasteiger charge is -2.37. The van der Waals surface area contributed by atoms with E-state index in [9.17, 15) is 0 Å². The van der Waals surface area contributed by atoms with Crippen LogP contribution in [0.5, 0.6) is 5.75 Å². The van der Waals surface area contributed by atoms with E-state index >= 15 is 0 Å². The maximum absolute atomic E-state index is 6.66. The summed E-state index contributed by atoms with van der Waals surface area (Å²) in [7, 11) is 0. The summed E-state index contributed by atoms with van der Waals surface area (Å²) in [6, 6.07) is 4.04. The number of ether oxygens (including phenoxy) is 2. The number of hydrogen-bond acceptors (Lipinski definition) is 3. The highest BCUT2D eigenvalue weighted by Gasteiger charge is 2.35. The number of hydrogen-bond donors (Lipinski definition) is 1. The van der Waals surface area contributed by atoms with Crippen LogP contribution in [-0.4, -0.2) is 6.79 Å². The van der Waals surface area contributed by atoms with Crippen LogP contribution in [0.3, 0.4) is 0 Å². The smallest absolute Gasteiger partial charge is 0.189 e. The van der Waals surface area contributed by atoms with Crippen molar-refractivity contribution in [2.45, 2.75) is 44.2 Å². The Kier molecular flexibility index (Phi) is 3.34. The minimum Gasteiger partial charge on any atom is -0.467 e. The predicted octanol–water partition coefficient (Wildman–Crippen LogP) is 3.43. The molecule has 0 aromatic heterocycles. The average molecular weight is 312 g/mol. The third-order valence-corrected chi connectivity index (χ3v) is 4.67. The highest BCUT2D eigenvalue weighted by Crippen LogP contribution is 2.43. The second kappa shape index (κ2) is 4.83. The van der Waals surface area contributed by atoms with Crippen molar-refractivity contribution in [3.8, 4) is 5.75 Å². The first-order valence-electron chi connectivity index (χ1n) is 6.52. The Labute approximate surface area is 116 Å². The number of nitrogens with two attached hydrogens (primary N) is 1. The van der Waals surface area contributed by atoms with Gasteiger partial charge in [0.15, 0.2) is 6.79 Å². The van der Waals surface area contributed by atoms with Crippen molar-refractivity contribution in [1.82, 2.24) is 0 Å². The van der Waals surface area contributed by atoms with E-state index in [0.29, 0.717) is 13.4 Å². The fraction of sp³-hybridized carbons (Fsp3) is 0.571. The molecule has 1 aliphatic carbocycles. The lowest BCUT2D eigenvalue weighted by atomic mass is 9.75. The number of benzene rings is 1. The van der Waals surface area contributed by atoms with E-state index < -0.39 is 0 Å². The van der Waals surface area contributed by atoms with Crippen LogP contribution >= 0.6 is 15.9 Å². The Balaban J connectivity index is 2.09. The summed E-state index contributed by atoms with van der Waals surface area (Å²) in [5, 5.41) is 0. The maximum Gasteiger partial charge on any atom is 0.189 e. The van der Waals surface area contributed by atoms with Gasteiger partial charge in [0.25, 0.3) is 0 Å². The van der Waals surface area contributed by atoms with Crippen LogP contribution in [0, 0.1) is 0 Å². The topological polar surface area (TPSA) is 44.5 Å². The molecule has 1 fully saturated rings. The lowest BCUT2D eigenvalue weighted by Crippen LogP contribution is -2.40. The van der Waals surface area contributed by atoms with Crippen molar-refractivity contribution >= 4 is 15.9 Å². The normalized spacial score (nSPS) is 22.1. The van der Waals surface area contributed by atoms with Gasteiger partial charge in [-0.2, -0.15) is 0 Å². The molecule has 0 amide bonds. The highest BCUT2D eigenvalue weighted by atomic mass is 79.9. The predicted molar refractivity (Wildman–Crippen MR) is 73.4 cm³/mol. The quantitative estimate of drug-likeness (QED) is 0.864. The van der Waals surface area contributed by atoms with Gasteiger partial charge in [-0.25, -0.2) is 0 Å². The molecule has 1 aliphatic heterocycles. The third-order valence-electron chi connectivity index (χ3n) is 4.01. The van der Waals surface area contributed by atoms with Gasteiger partial charge in [-0.05, 0) is 30.5 Å². The molecule has 98 valence electrons. The van der Waals surface area contributed by atoms with Crippen LogP contribution in [-0.2, 0) is 16.9 Å². The molecule has 1 saturated carbocycles. The highest BCUT2D eigenvalue weighted by molar-refractivity contribution is 9.10. The Morgan fingerprint density at radius 1 is 1.17 bits per heavy atom. The summed E-state index contributed by atoms with van der Waals surface area (Å²) < 4.78 is 12.1. The molecular weight excluding hydrogens is 294 g/mol. The van der Waals surface area contributed by atoms with Crippen LogP contribution in [0.2, 0.25) is 0 Å². The summed E-state index contributed by atoms with van der Waals surface area (Å²) >= 11 is 3.66. The van der Waals surface area contributed by atoms with Crippen molar-refractivity contribution in [2.24, 2.45) is 5.73 Å². The Hall–Kier alpha value is -0.580. The van der Waals surface area contributed by atoms with Crippen molar-refractivity contribution < 1.29 is 9.47 Å². The second-order valence-corrected chi connectivity index (χ2v) is 6.08. The molecule has 0 spiro atoms. The standard InChI is InChI=1S/C14H18BrNO2/c15-11-4-5-12-10(8-17-9-18-12)13(11)14(16)6-2-1-3-7-14/h4-5H,1-3,6-9,16H2. The SMILES string of the molecule is NC1(c2c(Br)ccc3c2COCO3)CCCCC1. The molecule has 0 saturated heterocycles. The maximum atomic E-state index is 6.66. The summed E-state index contributed by atoms with van der Waals surface area (Å²) in [5.41, 5.74) is 8.75. The van der Waals surface area contributed by atoms with Gasteiger partial charge in [-0.15, -0.1) is 0 Å². The Morgan fingerprint density at radius 2 is 1.94 bits per heavy atom. The monoisotopic (exact) mass is 311 g/mol. The molecular formula is C14H18BrNO2. The molecule has 3 nitrogen and oxygen atoms in total. The van der Waals surface area contributed by atoms with Gasteiger partial charge in [0, 0.05) is 15.6 Å². The molecule has 1 aromatic rings. The molecule has 3 rings (SSSR count). The Bertz CT molecular complexity index is 455. The molecule has 1 heterocycles. The van der Waals surface area contributed by atoms with Gasteiger partial charge in [-0.1, -0.05) is 35.2 Å². The lowest BCUT2D eigenvalue weighted by molar-refractivity contribution is -0.0176. The molecule has 0 radical (unpaired) electrons. The zero-order valence-electron chi connectivity index (χ0n) is 10.4. The fourth-order valence-corrected chi connectivity index (χ4v) is 3.86. The minimum atomic E-state index is -0.230. The fourth-order valence-electron chi connectivity index (χ4n) is 3.10. The molecule has 2 aliphatic rings. The minimum absolute atomic E-state index is 0.230. The van der Waals surface area contributed by atoms with Gasteiger partial charge in [0.1, 0.15) is 5.75 Å². The van der Waals surface area contributed by atoms with Crippen LogP contribution in [0.4, 0.5) is 0 Å². The largest absolute Gasteiger partial charge is 0.467 e. The van der Waals surface area contributed by atoms with E-state index in [1.165, 1.54) is 24.8 Å². The van der Waals surface area contributed by atoms with E-state index in [0.717, 1.165) is 28.6 Å². The molecule has 2 N–H and O–H groups in total. The number of rotatable bonds is 1. The average Bonchev–Trinajstić information content (AvgIpc) is 2.39. The molecule has 0 unspecified atom stereocenters.